The fraction of sp³-hybridized carbons (Fsp3) is 0.421. The summed E-state index contributed by atoms with van der Waals surface area (Å²) in [7, 11) is 0. The van der Waals surface area contributed by atoms with E-state index in [2.05, 4.69) is 10.3 Å². The van der Waals surface area contributed by atoms with Gasteiger partial charge in [0, 0.05) is 29.7 Å². The molecule has 1 saturated carbocycles. The van der Waals surface area contributed by atoms with E-state index in [-0.39, 0.29) is 5.56 Å². The molecule has 0 saturated heterocycles. The third-order valence-electron chi connectivity index (χ3n) is 4.64. The Morgan fingerprint density at radius 1 is 1.12 bits per heavy atom. The molecule has 1 aliphatic rings. The highest BCUT2D eigenvalue weighted by atomic mass is 19.4. The van der Waals surface area contributed by atoms with Crippen LogP contribution in [-0.4, -0.2) is 16.1 Å². The molecule has 0 spiro atoms. The van der Waals surface area contributed by atoms with E-state index in [1.54, 1.807) is 12.3 Å². The van der Waals surface area contributed by atoms with E-state index in [0.717, 1.165) is 43.5 Å². The highest BCUT2D eigenvalue weighted by molar-refractivity contribution is 5.53. The molecule has 2 N–H and O–H groups in total. The number of rotatable bonds is 4. The number of pyridine rings is 1. The summed E-state index contributed by atoms with van der Waals surface area (Å²) >= 11 is 0. The maximum absolute atomic E-state index is 12.9. The van der Waals surface area contributed by atoms with Crippen molar-refractivity contribution >= 4 is 5.69 Å². The van der Waals surface area contributed by atoms with Crippen LogP contribution in [0.15, 0.2) is 42.7 Å². The van der Waals surface area contributed by atoms with Crippen LogP contribution in [-0.2, 0) is 6.18 Å². The summed E-state index contributed by atoms with van der Waals surface area (Å²) in [5.74, 6) is 0. The summed E-state index contributed by atoms with van der Waals surface area (Å²) in [5, 5.41) is 14.1. The largest absolute Gasteiger partial charge is 0.416 e. The van der Waals surface area contributed by atoms with Crippen molar-refractivity contribution in [2.75, 3.05) is 5.32 Å². The maximum Gasteiger partial charge on any atom is 0.416 e. The Balaban J connectivity index is 1.86. The molecule has 1 atom stereocenters. The van der Waals surface area contributed by atoms with E-state index >= 15 is 0 Å². The van der Waals surface area contributed by atoms with Crippen molar-refractivity contribution in [2.45, 2.75) is 50.4 Å². The summed E-state index contributed by atoms with van der Waals surface area (Å²) in [6.07, 6.45) is 3.19. The maximum atomic E-state index is 12.9. The second-order valence-corrected chi connectivity index (χ2v) is 6.47. The average Bonchev–Trinajstić information content (AvgIpc) is 2.62. The number of hydrogen-bond donors (Lipinski definition) is 2. The first-order chi connectivity index (χ1) is 11.9. The van der Waals surface area contributed by atoms with Crippen LogP contribution in [0.2, 0.25) is 0 Å². The minimum absolute atomic E-state index is 0.203. The van der Waals surface area contributed by atoms with Crippen LogP contribution in [0.4, 0.5) is 18.9 Å². The molecule has 2 aromatic rings. The van der Waals surface area contributed by atoms with Crippen LogP contribution in [0, 0.1) is 0 Å². The number of benzene rings is 1. The number of anilines is 1. The highest BCUT2D eigenvalue weighted by Crippen LogP contribution is 2.34. The van der Waals surface area contributed by atoms with Crippen LogP contribution >= 0.6 is 0 Å². The number of nitrogens with one attached hydrogen (secondary N) is 1. The van der Waals surface area contributed by atoms with Crippen LogP contribution < -0.4 is 5.32 Å². The number of nitrogens with zero attached hydrogens (tertiary/aromatic N) is 1. The van der Waals surface area contributed by atoms with Crippen molar-refractivity contribution in [3.05, 3.63) is 59.4 Å². The molecule has 1 aliphatic carbocycles. The van der Waals surface area contributed by atoms with E-state index in [4.69, 9.17) is 0 Å². The number of aromatic nitrogens is 1. The van der Waals surface area contributed by atoms with Gasteiger partial charge in [-0.15, -0.1) is 0 Å². The summed E-state index contributed by atoms with van der Waals surface area (Å²) in [6, 6.07) is 6.89. The molecule has 1 aromatic carbocycles. The lowest BCUT2D eigenvalue weighted by atomic mass is 9.94. The van der Waals surface area contributed by atoms with Gasteiger partial charge in [0.05, 0.1) is 5.56 Å². The first-order valence-corrected chi connectivity index (χ1v) is 8.51. The van der Waals surface area contributed by atoms with Gasteiger partial charge in [-0.25, -0.2) is 0 Å². The number of halogens is 3. The van der Waals surface area contributed by atoms with E-state index in [1.165, 1.54) is 24.8 Å². The summed E-state index contributed by atoms with van der Waals surface area (Å²) in [5.41, 5.74) is 0.656. The van der Waals surface area contributed by atoms with Gasteiger partial charge in [0.25, 0.3) is 0 Å². The molecular weight excluding hydrogens is 329 g/mol. The quantitative estimate of drug-likeness (QED) is 0.822. The Bertz CT molecular complexity index is 712. The fourth-order valence-electron chi connectivity index (χ4n) is 3.29. The third-order valence-corrected chi connectivity index (χ3v) is 4.64. The van der Waals surface area contributed by atoms with Gasteiger partial charge >= 0.3 is 6.18 Å². The molecule has 6 heteroatoms. The Kier molecular flexibility index (Phi) is 5.27. The molecule has 134 valence electrons. The van der Waals surface area contributed by atoms with E-state index < -0.39 is 17.8 Å². The molecule has 0 radical (unpaired) electrons. The molecule has 1 fully saturated rings. The van der Waals surface area contributed by atoms with Gasteiger partial charge in [-0.05, 0) is 36.6 Å². The molecule has 1 aromatic heterocycles. The summed E-state index contributed by atoms with van der Waals surface area (Å²) in [6.45, 7) is 0. The fourth-order valence-corrected chi connectivity index (χ4v) is 3.29. The minimum Gasteiger partial charge on any atom is -0.384 e. The molecular formula is C19H21F3N2O. The molecule has 0 aliphatic heterocycles. The average molecular weight is 350 g/mol. The van der Waals surface area contributed by atoms with Crippen LogP contribution in [0.3, 0.4) is 0 Å². The summed E-state index contributed by atoms with van der Waals surface area (Å²) < 4.78 is 38.7. The predicted octanol–water partition coefficient (Wildman–Crippen LogP) is 4.93. The topological polar surface area (TPSA) is 45.2 Å². The lowest BCUT2D eigenvalue weighted by Gasteiger charge is -2.26. The van der Waals surface area contributed by atoms with Gasteiger partial charge in [0.15, 0.2) is 0 Å². The van der Waals surface area contributed by atoms with Crippen molar-refractivity contribution in [3.8, 4) is 0 Å². The van der Waals surface area contributed by atoms with Crippen LogP contribution in [0.5, 0.6) is 0 Å². The molecule has 3 rings (SSSR count). The van der Waals surface area contributed by atoms with Gasteiger partial charge in [-0.2, -0.15) is 13.2 Å². The van der Waals surface area contributed by atoms with Gasteiger partial charge in [-0.3, -0.25) is 4.98 Å². The lowest BCUT2D eigenvalue weighted by molar-refractivity contribution is -0.137. The SMILES string of the molecule is OC(c1cccc(C(F)(F)F)c1)c1cnccc1NC1CCCCC1. The smallest absolute Gasteiger partial charge is 0.384 e. The van der Waals surface area contributed by atoms with E-state index in [9.17, 15) is 18.3 Å². The van der Waals surface area contributed by atoms with Crippen LogP contribution in [0.25, 0.3) is 0 Å². The van der Waals surface area contributed by atoms with E-state index in [0.29, 0.717) is 11.6 Å². The molecule has 3 nitrogen and oxygen atoms in total. The zero-order valence-corrected chi connectivity index (χ0v) is 13.8. The molecule has 1 heterocycles. The van der Waals surface area contributed by atoms with Crippen molar-refractivity contribution < 1.29 is 18.3 Å². The minimum atomic E-state index is -4.44. The van der Waals surface area contributed by atoms with E-state index in [1.807, 2.05) is 0 Å². The van der Waals surface area contributed by atoms with Crippen molar-refractivity contribution in [1.82, 2.24) is 4.98 Å². The van der Waals surface area contributed by atoms with Gasteiger partial charge in [0.2, 0.25) is 0 Å². The monoisotopic (exact) mass is 350 g/mol. The van der Waals surface area contributed by atoms with Crippen molar-refractivity contribution in [3.63, 3.8) is 0 Å². The Morgan fingerprint density at radius 2 is 1.88 bits per heavy atom. The van der Waals surface area contributed by atoms with Gasteiger partial charge in [-0.1, -0.05) is 31.4 Å². The number of aliphatic hydroxyl groups is 1. The molecule has 1 unspecified atom stereocenters. The van der Waals surface area contributed by atoms with Gasteiger partial charge < -0.3 is 10.4 Å². The molecule has 25 heavy (non-hydrogen) atoms. The molecule has 0 bridgehead atoms. The zero-order valence-electron chi connectivity index (χ0n) is 13.8. The second kappa shape index (κ2) is 7.44. The Hall–Kier alpha value is -2.08. The van der Waals surface area contributed by atoms with Crippen molar-refractivity contribution in [1.29, 1.82) is 0 Å². The van der Waals surface area contributed by atoms with Crippen molar-refractivity contribution in [2.24, 2.45) is 0 Å². The van der Waals surface area contributed by atoms with Crippen LogP contribution in [0.1, 0.15) is 54.9 Å². The Labute approximate surface area is 144 Å². The van der Waals surface area contributed by atoms with Gasteiger partial charge in [0.1, 0.15) is 6.10 Å². The predicted molar refractivity (Wildman–Crippen MR) is 90.2 cm³/mol. The first kappa shape index (κ1) is 17.7. The third kappa shape index (κ3) is 4.31. The summed E-state index contributed by atoms with van der Waals surface area (Å²) in [4.78, 5) is 4.03. The highest BCUT2D eigenvalue weighted by Gasteiger charge is 2.31. The number of aliphatic hydroxyl groups excluding tert-OH is 1. The number of alkyl halides is 3. The number of hydrogen-bond acceptors (Lipinski definition) is 3. The second-order valence-electron chi connectivity index (χ2n) is 6.47. The zero-order chi connectivity index (χ0) is 17.9. The first-order valence-electron chi connectivity index (χ1n) is 8.51. The normalized spacial score (nSPS) is 17.3. The lowest BCUT2D eigenvalue weighted by Crippen LogP contribution is -2.23. The Morgan fingerprint density at radius 3 is 2.60 bits per heavy atom. The standard InChI is InChI=1S/C19H21F3N2O/c20-19(21,22)14-6-4-5-13(11-14)18(25)16-12-23-10-9-17(16)24-15-7-2-1-3-8-15/h4-6,9-12,15,18,25H,1-3,7-8H2,(H,23,24). The molecule has 0 amide bonds.